The lowest BCUT2D eigenvalue weighted by Gasteiger charge is -2.07. The summed E-state index contributed by atoms with van der Waals surface area (Å²) in [6, 6.07) is 13.8. The van der Waals surface area contributed by atoms with Crippen molar-refractivity contribution in [3.8, 4) is 5.75 Å². The van der Waals surface area contributed by atoms with Crippen LogP contribution in [0.1, 0.15) is 11.3 Å². The van der Waals surface area contributed by atoms with Crippen molar-refractivity contribution in [1.82, 2.24) is 9.38 Å². The minimum absolute atomic E-state index is 0.0921. The van der Waals surface area contributed by atoms with Crippen molar-refractivity contribution >= 4 is 11.6 Å². The maximum absolute atomic E-state index is 10.8. The summed E-state index contributed by atoms with van der Waals surface area (Å²) in [5.41, 5.74) is 2.38. The Kier molecular flexibility index (Phi) is 4.05. The van der Waals surface area contributed by atoms with E-state index in [9.17, 15) is 4.79 Å². The summed E-state index contributed by atoms with van der Waals surface area (Å²) in [5.74, 6) is -0.231. The molecule has 0 unspecified atom stereocenters. The third-order valence-corrected chi connectivity index (χ3v) is 3.32. The number of imidazole rings is 1. The summed E-state index contributed by atoms with van der Waals surface area (Å²) < 4.78 is 7.60. The first kappa shape index (κ1) is 14.1. The molecule has 22 heavy (non-hydrogen) atoms. The third kappa shape index (κ3) is 3.25. The van der Waals surface area contributed by atoms with Gasteiger partial charge in [-0.15, -0.1) is 0 Å². The molecule has 0 fully saturated rings. The monoisotopic (exact) mass is 296 g/mol. The van der Waals surface area contributed by atoms with E-state index in [-0.39, 0.29) is 6.42 Å². The number of fused-ring (bicyclic) bond motifs is 1. The van der Waals surface area contributed by atoms with Crippen LogP contribution in [0.2, 0.25) is 0 Å². The number of rotatable bonds is 6. The number of benzene rings is 1. The van der Waals surface area contributed by atoms with Crippen LogP contribution >= 0.6 is 0 Å². The molecule has 2 heterocycles. The Bertz CT molecular complexity index is 781. The number of pyridine rings is 1. The molecule has 0 spiro atoms. The first-order valence-electron chi connectivity index (χ1n) is 7.07. The zero-order valence-electron chi connectivity index (χ0n) is 12.0. The molecule has 3 aromatic rings. The Morgan fingerprint density at radius 1 is 1.18 bits per heavy atom. The third-order valence-electron chi connectivity index (χ3n) is 3.32. The quantitative estimate of drug-likeness (QED) is 0.759. The standard InChI is InChI=1S/C17H16N2O3/c20-16(21)11-14-12-19-9-4-7-15(17(19)18-14)22-10-8-13-5-2-1-3-6-13/h1-7,9,12H,8,10-11H2,(H,20,21). The molecule has 0 amide bonds. The number of carboxylic acids is 1. The smallest absolute Gasteiger partial charge is 0.309 e. The normalized spacial score (nSPS) is 10.7. The van der Waals surface area contributed by atoms with Crippen molar-refractivity contribution in [2.24, 2.45) is 0 Å². The van der Waals surface area contributed by atoms with E-state index in [1.807, 2.05) is 36.5 Å². The maximum atomic E-state index is 10.8. The van der Waals surface area contributed by atoms with E-state index in [2.05, 4.69) is 17.1 Å². The van der Waals surface area contributed by atoms with Crippen molar-refractivity contribution in [3.63, 3.8) is 0 Å². The van der Waals surface area contributed by atoms with Crippen LogP contribution in [-0.2, 0) is 17.6 Å². The van der Waals surface area contributed by atoms with Crippen LogP contribution in [0.15, 0.2) is 54.9 Å². The van der Waals surface area contributed by atoms with Crippen LogP contribution in [0.3, 0.4) is 0 Å². The molecule has 1 N–H and O–H groups in total. The number of ether oxygens (including phenoxy) is 1. The maximum Gasteiger partial charge on any atom is 0.309 e. The van der Waals surface area contributed by atoms with E-state index in [4.69, 9.17) is 9.84 Å². The van der Waals surface area contributed by atoms with Crippen molar-refractivity contribution in [1.29, 1.82) is 0 Å². The van der Waals surface area contributed by atoms with Gasteiger partial charge < -0.3 is 14.2 Å². The number of carboxylic acid groups (broad SMARTS) is 1. The summed E-state index contributed by atoms with van der Waals surface area (Å²) in [6.45, 7) is 0.546. The second-order valence-electron chi connectivity index (χ2n) is 4.99. The average Bonchev–Trinajstić information content (AvgIpc) is 2.90. The molecule has 0 aliphatic carbocycles. The summed E-state index contributed by atoms with van der Waals surface area (Å²) in [7, 11) is 0. The molecule has 0 aliphatic heterocycles. The zero-order valence-corrected chi connectivity index (χ0v) is 12.0. The lowest BCUT2D eigenvalue weighted by Crippen LogP contribution is -2.02. The predicted molar refractivity (Wildman–Crippen MR) is 82.2 cm³/mol. The van der Waals surface area contributed by atoms with Crippen molar-refractivity contribution < 1.29 is 14.6 Å². The number of aromatic nitrogens is 2. The number of carbonyl (C=O) groups is 1. The highest BCUT2D eigenvalue weighted by Crippen LogP contribution is 2.19. The van der Waals surface area contributed by atoms with Gasteiger partial charge in [0, 0.05) is 18.8 Å². The fraction of sp³-hybridized carbons (Fsp3) is 0.176. The number of hydrogen-bond acceptors (Lipinski definition) is 3. The summed E-state index contributed by atoms with van der Waals surface area (Å²) >= 11 is 0. The lowest BCUT2D eigenvalue weighted by molar-refractivity contribution is -0.136. The zero-order chi connectivity index (χ0) is 15.4. The largest absolute Gasteiger partial charge is 0.489 e. The molecule has 2 aromatic heterocycles. The summed E-state index contributed by atoms with van der Waals surface area (Å²) in [6.07, 6.45) is 4.26. The van der Waals surface area contributed by atoms with E-state index in [0.29, 0.717) is 23.7 Å². The SMILES string of the molecule is O=C(O)Cc1cn2cccc(OCCc3ccccc3)c2n1. The van der Waals surface area contributed by atoms with E-state index in [0.717, 1.165) is 6.42 Å². The molecule has 0 radical (unpaired) electrons. The van der Waals surface area contributed by atoms with E-state index in [1.54, 1.807) is 10.6 Å². The molecule has 112 valence electrons. The molecular formula is C17H16N2O3. The molecule has 0 saturated carbocycles. The lowest BCUT2D eigenvalue weighted by atomic mass is 10.2. The van der Waals surface area contributed by atoms with Gasteiger partial charge >= 0.3 is 5.97 Å². The van der Waals surface area contributed by atoms with Crippen LogP contribution in [0.4, 0.5) is 0 Å². The van der Waals surface area contributed by atoms with Crippen LogP contribution in [0.25, 0.3) is 5.65 Å². The highest BCUT2D eigenvalue weighted by Gasteiger charge is 2.09. The topological polar surface area (TPSA) is 63.8 Å². The van der Waals surface area contributed by atoms with Gasteiger partial charge in [-0.25, -0.2) is 4.98 Å². The summed E-state index contributed by atoms with van der Waals surface area (Å²) in [5, 5.41) is 8.85. The predicted octanol–water partition coefficient (Wildman–Crippen LogP) is 2.58. The van der Waals surface area contributed by atoms with Gasteiger partial charge in [-0.2, -0.15) is 0 Å². The van der Waals surface area contributed by atoms with Gasteiger partial charge in [-0.1, -0.05) is 30.3 Å². The molecule has 0 saturated heterocycles. The Hall–Kier alpha value is -2.82. The van der Waals surface area contributed by atoms with Gasteiger partial charge in [0.1, 0.15) is 0 Å². The van der Waals surface area contributed by atoms with Crippen LogP contribution in [-0.4, -0.2) is 27.1 Å². The summed E-state index contributed by atoms with van der Waals surface area (Å²) in [4.78, 5) is 15.1. The van der Waals surface area contributed by atoms with Crippen molar-refractivity contribution in [2.45, 2.75) is 12.8 Å². The first-order valence-corrected chi connectivity index (χ1v) is 7.07. The Balaban J connectivity index is 1.73. The fourth-order valence-corrected chi connectivity index (χ4v) is 2.31. The number of hydrogen-bond donors (Lipinski definition) is 1. The molecule has 5 heteroatoms. The number of nitrogens with zero attached hydrogens (tertiary/aromatic N) is 2. The first-order chi connectivity index (χ1) is 10.7. The van der Waals surface area contributed by atoms with Gasteiger partial charge in [-0.3, -0.25) is 4.79 Å². The van der Waals surface area contributed by atoms with Crippen LogP contribution in [0.5, 0.6) is 5.75 Å². The minimum Gasteiger partial charge on any atom is -0.489 e. The van der Waals surface area contributed by atoms with Gasteiger partial charge in [0.15, 0.2) is 11.4 Å². The molecule has 5 nitrogen and oxygen atoms in total. The Labute approximate surface area is 127 Å². The van der Waals surface area contributed by atoms with Crippen molar-refractivity contribution in [3.05, 3.63) is 66.1 Å². The molecule has 3 rings (SSSR count). The molecule has 1 aromatic carbocycles. The molecule has 0 atom stereocenters. The average molecular weight is 296 g/mol. The van der Waals surface area contributed by atoms with Crippen LogP contribution < -0.4 is 4.74 Å². The van der Waals surface area contributed by atoms with Gasteiger partial charge in [0.25, 0.3) is 0 Å². The second-order valence-corrected chi connectivity index (χ2v) is 4.99. The van der Waals surface area contributed by atoms with E-state index in [1.165, 1.54) is 5.56 Å². The van der Waals surface area contributed by atoms with Crippen LogP contribution in [0, 0.1) is 0 Å². The van der Waals surface area contributed by atoms with Gasteiger partial charge in [-0.05, 0) is 17.7 Å². The Morgan fingerprint density at radius 3 is 2.77 bits per heavy atom. The van der Waals surface area contributed by atoms with Gasteiger partial charge in [0.05, 0.1) is 18.7 Å². The second kappa shape index (κ2) is 6.30. The van der Waals surface area contributed by atoms with E-state index >= 15 is 0 Å². The minimum atomic E-state index is -0.894. The highest BCUT2D eigenvalue weighted by atomic mass is 16.5. The van der Waals surface area contributed by atoms with E-state index < -0.39 is 5.97 Å². The fourth-order valence-electron chi connectivity index (χ4n) is 2.31. The molecule has 0 bridgehead atoms. The molecular weight excluding hydrogens is 280 g/mol. The Morgan fingerprint density at radius 2 is 2.00 bits per heavy atom. The van der Waals surface area contributed by atoms with Gasteiger partial charge in [0.2, 0.25) is 0 Å². The van der Waals surface area contributed by atoms with Crippen molar-refractivity contribution in [2.75, 3.05) is 6.61 Å². The molecule has 0 aliphatic rings. The number of aliphatic carboxylic acids is 1. The highest BCUT2D eigenvalue weighted by molar-refractivity contribution is 5.70.